The maximum atomic E-state index is 14.1. The van der Waals surface area contributed by atoms with Crippen molar-refractivity contribution in [3.8, 4) is 0 Å². The quantitative estimate of drug-likeness (QED) is 0.0776. The second-order valence-corrected chi connectivity index (χ2v) is 16.1. The maximum Gasteiger partial charge on any atom is 0.338 e. The Morgan fingerprint density at radius 1 is 0.400 bits per heavy atom. The fraction of sp³-hybridized carbons (Fsp3) is 0.241. The van der Waals surface area contributed by atoms with Crippen LogP contribution in [-0.4, -0.2) is 115 Å². The second-order valence-electron chi connectivity index (χ2n) is 16.1. The number of ether oxygens (including phenoxy) is 9. The molecule has 10 atom stereocenters. The van der Waals surface area contributed by atoms with Crippen molar-refractivity contribution in [1.29, 1.82) is 0 Å². The summed E-state index contributed by atoms with van der Waals surface area (Å²) in [4.78, 5) is 68.8. The number of esters is 5. The molecule has 0 saturated carbocycles. The summed E-state index contributed by atoms with van der Waals surface area (Å²) in [6, 6.07) is 48.5. The monoisotopic (exact) mass is 952 g/mol. The molecule has 2 heterocycles. The zero-order valence-electron chi connectivity index (χ0n) is 37.3. The molecule has 0 radical (unpaired) electrons. The third kappa shape index (κ3) is 12.4. The number of carbonyl (C=O) groups is 5. The first-order valence-electron chi connectivity index (χ1n) is 22.3. The van der Waals surface area contributed by atoms with Crippen LogP contribution in [0.25, 0.3) is 0 Å². The van der Waals surface area contributed by atoms with Crippen molar-refractivity contribution in [2.75, 3.05) is 13.2 Å². The van der Waals surface area contributed by atoms with Crippen molar-refractivity contribution in [2.45, 2.75) is 68.0 Å². The van der Waals surface area contributed by atoms with E-state index in [9.17, 15) is 34.2 Å². The standard InChI is InChI=1S/C54H48O16/c55-42-43(66-49(57)36-23-11-3-12-24-36)40(32-62-31-34-19-7-1-8-20-34)65-54(45(42)67-50(58)37-25-13-4-14-26-37)70-44-41(33-63-48(56)35-21-9-2-10-22-35)64-53(61)47(69-52(60)39-29-17-6-18-30-39)46(44)68-51(59)38-27-15-5-16-28-38/h1-30,40-47,53-55,61H,31-33H2/t40-,41-,42+,43+,44-,45-,46+,47+,53+,54+/m1/s1. The normalized spacial score (nSPS) is 24.0. The van der Waals surface area contributed by atoms with E-state index in [2.05, 4.69) is 0 Å². The van der Waals surface area contributed by atoms with Gasteiger partial charge in [0.1, 0.15) is 31.0 Å². The van der Waals surface area contributed by atoms with Crippen LogP contribution < -0.4 is 0 Å². The fourth-order valence-electron chi connectivity index (χ4n) is 7.76. The van der Waals surface area contributed by atoms with E-state index in [0.717, 1.165) is 5.56 Å². The Bertz CT molecular complexity index is 2640. The van der Waals surface area contributed by atoms with Crippen LogP contribution in [0.2, 0.25) is 0 Å². The molecule has 16 heteroatoms. The van der Waals surface area contributed by atoms with Crippen molar-refractivity contribution >= 4 is 29.8 Å². The highest BCUT2D eigenvalue weighted by Gasteiger charge is 2.56. The predicted molar refractivity (Wildman–Crippen MR) is 246 cm³/mol. The van der Waals surface area contributed by atoms with Gasteiger partial charge in [0.2, 0.25) is 0 Å². The van der Waals surface area contributed by atoms with Crippen LogP contribution in [0.15, 0.2) is 182 Å². The molecule has 6 aromatic rings. The van der Waals surface area contributed by atoms with Gasteiger partial charge in [-0.15, -0.1) is 0 Å². The first-order chi connectivity index (χ1) is 34.1. The molecule has 0 spiro atoms. The van der Waals surface area contributed by atoms with E-state index in [1.807, 2.05) is 30.3 Å². The van der Waals surface area contributed by atoms with Crippen LogP contribution in [0.4, 0.5) is 0 Å². The number of benzene rings is 6. The van der Waals surface area contributed by atoms with Gasteiger partial charge >= 0.3 is 29.8 Å². The van der Waals surface area contributed by atoms with Gasteiger partial charge in [0.05, 0.1) is 41.0 Å². The minimum absolute atomic E-state index is 0.0557. The second kappa shape index (κ2) is 23.6. The van der Waals surface area contributed by atoms with Gasteiger partial charge in [0, 0.05) is 0 Å². The molecule has 2 fully saturated rings. The number of rotatable bonds is 17. The molecule has 70 heavy (non-hydrogen) atoms. The van der Waals surface area contributed by atoms with E-state index < -0.39 is 97.9 Å². The Hall–Kier alpha value is -7.57. The van der Waals surface area contributed by atoms with Crippen molar-refractivity contribution in [3.05, 3.63) is 215 Å². The minimum atomic E-state index is -2.04. The summed E-state index contributed by atoms with van der Waals surface area (Å²) < 4.78 is 55.0. The molecule has 16 nitrogen and oxygen atoms in total. The van der Waals surface area contributed by atoms with Crippen molar-refractivity contribution < 1.29 is 76.8 Å². The number of hydrogen-bond acceptors (Lipinski definition) is 16. The summed E-state index contributed by atoms with van der Waals surface area (Å²) in [7, 11) is 0. The van der Waals surface area contributed by atoms with Gasteiger partial charge in [0.25, 0.3) is 0 Å². The van der Waals surface area contributed by atoms with Crippen LogP contribution in [0.3, 0.4) is 0 Å². The zero-order valence-corrected chi connectivity index (χ0v) is 37.3. The molecule has 0 aliphatic carbocycles. The van der Waals surface area contributed by atoms with E-state index in [1.165, 1.54) is 60.7 Å². The van der Waals surface area contributed by atoms with E-state index in [-0.39, 0.29) is 41.0 Å². The van der Waals surface area contributed by atoms with Crippen LogP contribution >= 0.6 is 0 Å². The van der Waals surface area contributed by atoms with Gasteiger partial charge < -0.3 is 52.8 Å². The van der Waals surface area contributed by atoms with Gasteiger partial charge in [0.15, 0.2) is 37.0 Å². The zero-order chi connectivity index (χ0) is 48.8. The van der Waals surface area contributed by atoms with Gasteiger partial charge in [-0.2, -0.15) is 0 Å². The van der Waals surface area contributed by atoms with Crippen LogP contribution in [0, 0.1) is 0 Å². The van der Waals surface area contributed by atoms with E-state index in [1.54, 1.807) is 91.0 Å². The predicted octanol–water partition coefficient (Wildman–Crippen LogP) is 6.15. The number of hydrogen-bond donors (Lipinski definition) is 2. The summed E-state index contributed by atoms with van der Waals surface area (Å²) in [5, 5.41) is 24.1. The highest BCUT2D eigenvalue weighted by molar-refractivity contribution is 5.91. The fourth-order valence-corrected chi connectivity index (χ4v) is 7.76. The van der Waals surface area contributed by atoms with E-state index >= 15 is 0 Å². The number of aliphatic hydroxyl groups excluding tert-OH is 2. The Labute approximate surface area is 402 Å². The molecule has 8 rings (SSSR count). The molecule has 0 unspecified atom stereocenters. The van der Waals surface area contributed by atoms with Crippen molar-refractivity contribution in [3.63, 3.8) is 0 Å². The third-order valence-electron chi connectivity index (χ3n) is 11.3. The molecule has 0 amide bonds. The molecule has 2 aliphatic rings. The SMILES string of the molecule is O=C(OC[C@H]1O[C@H](O)[C@@H](OC(=O)c2ccccc2)[C@@H](OC(=O)c2ccccc2)[C@@H]1O[C@@H]1O[C@H](COCc2ccccc2)[C@H](OC(=O)c2ccccc2)[C@H](O)[C@H]1OC(=O)c1ccccc1)c1ccccc1. The smallest absolute Gasteiger partial charge is 0.338 e. The van der Waals surface area contributed by atoms with Gasteiger partial charge in [-0.25, -0.2) is 24.0 Å². The van der Waals surface area contributed by atoms with E-state index in [4.69, 9.17) is 42.6 Å². The van der Waals surface area contributed by atoms with Crippen molar-refractivity contribution in [1.82, 2.24) is 0 Å². The molecular weight excluding hydrogens is 905 g/mol. The highest BCUT2D eigenvalue weighted by atomic mass is 16.8. The van der Waals surface area contributed by atoms with Crippen molar-refractivity contribution in [2.24, 2.45) is 0 Å². The molecule has 2 N–H and O–H groups in total. The number of carbonyl (C=O) groups excluding carboxylic acids is 5. The van der Waals surface area contributed by atoms with Gasteiger partial charge in [-0.05, 0) is 66.2 Å². The average molecular weight is 953 g/mol. The third-order valence-corrected chi connectivity index (χ3v) is 11.3. The highest BCUT2D eigenvalue weighted by Crippen LogP contribution is 2.35. The molecule has 2 saturated heterocycles. The molecule has 6 aromatic carbocycles. The van der Waals surface area contributed by atoms with Gasteiger partial charge in [-0.3, -0.25) is 0 Å². The summed E-state index contributed by atoms with van der Waals surface area (Å²) in [5.74, 6) is -4.49. The minimum Gasteiger partial charge on any atom is -0.459 e. The summed E-state index contributed by atoms with van der Waals surface area (Å²) in [6.07, 6.45) is -17.5. The maximum absolute atomic E-state index is 14.1. The van der Waals surface area contributed by atoms with Crippen LogP contribution in [0.1, 0.15) is 57.4 Å². The lowest BCUT2D eigenvalue weighted by Crippen LogP contribution is -2.66. The molecule has 360 valence electrons. The summed E-state index contributed by atoms with van der Waals surface area (Å²) >= 11 is 0. The summed E-state index contributed by atoms with van der Waals surface area (Å²) in [6.45, 7) is -0.943. The Balaban J connectivity index is 1.19. The Morgan fingerprint density at radius 2 is 0.771 bits per heavy atom. The Morgan fingerprint density at radius 3 is 1.23 bits per heavy atom. The first-order valence-corrected chi connectivity index (χ1v) is 22.3. The van der Waals surface area contributed by atoms with Crippen LogP contribution in [0.5, 0.6) is 0 Å². The van der Waals surface area contributed by atoms with Crippen LogP contribution in [-0.2, 0) is 49.2 Å². The average Bonchev–Trinajstić information content (AvgIpc) is 3.40. The molecule has 0 aromatic heterocycles. The lowest BCUT2D eigenvalue weighted by atomic mass is 9.96. The lowest BCUT2D eigenvalue weighted by molar-refractivity contribution is -0.353. The number of aliphatic hydroxyl groups is 2. The van der Waals surface area contributed by atoms with E-state index in [0.29, 0.717) is 0 Å². The molecule has 2 aliphatic heterocycles. The lowest BCUT2D eigenvalue weighted by Gasteiger charge is -2.47. The van der Waals surface area contributed by atoms with Gasteiger partial charge in [-0.1, -0.05) is 121 Å². The topological polar surface area (TPSA) is 209 Å². The first kappa shape index (κ1) is 48.9. The largest absolute Gasteiger partial charge is 0.459 e. The molecule has 0 bridgehead atoms. The molecular formula is C54H48O16. The summed E-state index contributed by atoms with van der Waals surface area (Å²) in [5.41, 5.74) is 1.28. The Kier molecular flexibility index (Phi) is 16.5.